The van der Waals surface area contributed by atoms with Crippen LogP contribution < -0.4 is 0 Å². The summed E-state index contributed by atoms with van der Waals surface area (Å²) >= 11 is 0.948. The highest BCUT2D eigenvalue weighted by Crippen LogP contribution is 2.46. The topological polar surface area (TPSA) is 74.7 Å². The van der Waals surface area contributed by atoms with Gasteiger partial charge in [0.2, 0.25) is 0 Å². The van der Waals surface area contributed by atoms with Gasteiger partial charge >= 0.3 is 12.1 Å². The average Bonchev–Trinajstić information content (AvgIpc) is 3.05. The molecule has 1 aliphatic rings. The summed E-state index contributed by atoms with van der Waals surface area (Å²) in [5.41, 5.74) is -2.63. The number of ketones is 1. The quantitative estimate of drug-likeness (QED) is 0.861. The van der Waals surface area contributed by atoms with Crippen molar-refractivity contribution in [1.29, 1.82) is 0 Å². The smallest absolute Gasteiger partial charge is 0.406 e. The third-order valence-electron chi connectivity index (χ3n) is 3.73. The molecule has 0 aliphatic carbocycles. The van der Waals surface area contributed by atoms with E-state index in [-0.39, 0.29) is 17.2 Å². The number of hydrogen-bond donors (Lipinski definition) is 1. The molecule has 120 valence electrons. The first kappa shape index (κ1) is 16.5. The average molecular weight is 335 g/mol. The van der Waals surface area contributed by atoms with Crippen molar-refractivity contribution in [2.45, 2.75) is 19.5 Å². The number of aliphatic carboxylic acids is 1. The van der Waals surface area contributed by atoms with Crippen LogP contribution in [-0.2, 0) is 4.79 Å². The Morgan fingerprint density at radius 1 is 1.36 bits per heavy atom. The maximum absolute atomic E-state index is 13.1. The van der Waals surface area contributed by atoms with E-state index in [1.54, 1.807) is 0 Å². The van der Waals surface area contributed by atoms with Crippen LogP contribution in [0.4, 0.5) is 13.2 Å². The maximum Gasteiger partial charge on any atom is 0.406 e. The minimum absolute atomic E-state index is 0.119. The summed E-state index contributed by atoms with van der Waals surface area (Å²) in [4.78, 5) is 35.4. The third-order valence-corrected chi connectivity index (χ3v) is 4.64. The number of hydrogen-bond acceptors (Lipinski definition) is 4. The molecule has 22 heavy (non-hydrogen) atoms. The van der Waals surface area contributed by atoms with Crippen LogP contribution in [0.1, 0.15) is 33.4 Å². The zero-order valence-corrected chi connectivity index (χ0v) is 12.3. The lowest BCUT2D eigenvalue weighted by atomic mass is 9.86. The molecule has 0 radical (unpaired) electrons. The van der Waals surface area contributed by atoms with Crippen LogP contribution >= 0.6 is 11.3 Å². The van der Waals surface area contributed by atoms with Gasteiger partial charge in [0.25, 0.3) is 5.91 Å². The van der Waals surface area contributed by atoms with Gasteiger partial charge in [-0.25, -0.2) is 0 Å². The number of alkyl halides is 3. The van der Waals surface area contributed by atoms with Crippen molar-refractivity contribution >= 4 is 29.0 Å². The molecule has 1 aromatic heterocycles. The zero-order valence-electron chi connectivity index (χ0n) is 11.4. The second kappa shape index (κ2) is 5.38. The normalized spacial score (nSPS) is 21.9. The van der Waals surface area contributed by atoms with E-state index in [1.165, 1.54) is 18.4 Å². The number of carbonyl (C=O) groups excluding carboxylic acids is 2. The fourth-order valence-electron chi connectivity index (χ4n) is 2.30. The number of nitrogens with zero attached hydrogens (tertiary/aromatic N) is 1. The summed E-state index contributed by atoms with van der Waals surface area (Å²) in [6, 6.07) is 1.31. The molecular formula is C13H12F3NO4S. The molecular weight excluding hydrogens is 323 g/mol. The number of carboxylic acids is 1. The standard InChI is InChI=1S/C13H12F3NO4S/c1-7(18)8-4-9(22-5-8)10(19)17-3-2-12(6-17,11(20)21)13(14,15)16/h4-5H,2-3,6H2,1H3,(H,20,21)/t12-/m1/s1. The second-order valence-corrected chi connectivity index (χ2v) is 6.03. The van der Waals surface area contributed by atoms with Crippen molar-refractivity contribution in [3.05, 3.63) is 21.9 Å². The number of Topliss-reactive ketones (excluding diaryl/α,β-unsaturated/α-hetero) is 1. The van der Waals surface area contributed by atoms with Gasteiger partial charge < -0.3 is 10.0 Å². The van der Waals surface area contributed by atoms with Gasteiger partial charge in [-0.05, 0) is 19.4 Å². The van der Waals surface area contributed by atoms with E-state index >= 15 is 0 Å². The molecule has 1 atom stereocenters. The van der Waals surface area contributed by atoms with E-state index in [0.29, 0.717) is 5.56 Å². The number of likely N-dealkylation sites (tertiary alicyclic amines) is 1. The monoisotopic (exact) mass is 335 g/mol. The fourth-order valence-corrected chi connectivity index (χ4v) is 3.21. The van der Waals surface area contributed by atoms with Gasteiger partial charge in [-0.3, -0.25) is 14.4 Å². The van der Waals surface area contributed by atoms with Crippen molar-refractivity contribution in [3.8, 4) is 0 Å². The molecule has 0 unspecified atom stereocenters. The van der Waals surface area contributed by atoms with Crippen LogP contribution in [0.5, 0.6) is 0 Å². The van der Waals surface area contributed by atoms with E-state index in [0.717, 1.165) is 16.2 Å². The van der Waals surface area contributed by atoms with Gasteiger partial charge in [-0.15, -0.1) is 11.3 Å². The lowest BCUT2D eigenvalue weighted by molar-refractivity contribution is -0.227. The van der Waals surface area contributed by atoms with Crippen molar-refractivity contribution < 1.29 is 32.7 Å². The summed E-state index contributed by atoms with van der Waals surface area (Å²) < 4.78 is 39.2. The van der Waals surface area contributed by atoms with E-state index < -0.39 is 36.4 Å². The molecule has 5 nitrogen and oxygen atoms in total. The van der Waals surface area contributed by atoms with Crippen molar-refractivity contribution in [1.82, 2.24) is 4.90 Å². The molecule has 0 bridgehead atoms. The first-order valence-corrected chi connectivity index (χ1v) is 7.15. The number of carbonyl (C=O) groups is 3. The van der Waals surface area contributed by atoms with Gasteiger partial charge in [0.1, 0.15) is 0 Å². The van der Waals surface area contributed by atoms with E-state index in [2.05, 4.69) is 0 Å². The Hall–Kier alpha value is -1.90. The molecule has 0 saturated carbocycles. The summed E-state index contributed by atoms with van der Waals surface area (Å²) in [6.07, 6.45) is -5.61. The van der Waals surface area contributed by atoms with Gasteiger partial charge in [0, 0.05) is 24.0 Å². The van der Waals surface area contributed by atoms with Crippen LogP contribution in [-0.4, -0.2) is 46.9 Å². The van der Waals surface area contributed by atoms with Gasteiger partial charge in [-0.2, -0.15) is 13.2 Å². The molecule has 9 heteroatoms. The highest BCUT2D eigenvalue weighted by molar-refractivity contribution is 7.12. The maximum atomic E-state index is 13.1. The molecule has 2 rings (SSSR count). The van der Waals surface area contributed by atoms with Crippen LogP contribution in [0.25, 0.3) is 0 Å². The van der Waals surface area contributed by atoms with Crippen molar-refractivity contribution in [3.63, 3.8) is 0 Å². The zero-order chi connectivity index (χ0) is 16.7. The van der Waals surface area contributed by atoms with E-state index in [1.807, 2.05) is 0 Å². The van der Waals surface area contributed by atoms with Crippen molar-refractivity contribution in [2.24, 2.45) is 5.41 Å². The Bertz CT molecular complexity index is 639. The molecule has 1 fully saturated rings. The van der Waals surface area contributed by atoms with Gasteiger partial charge in [-0.1, -0.05) is 0 Å². The number of thiophene rings is 1. The van der Waals surface area contributed by atoms with Crippen molar-refractivity contribution in [2.75, 3.05) is 13.1 Å². The first-order valence-electron chi connectivity index (χ1n) is 6.27. The number of carboxylic acid groups (broad SMARTS) is 1. The molecule has 1 aliphatic heterocycles. The lowest BCUT2D eigenvalue weighted by Crippen LogP contribution is -2.47. The Labute approximate surface area is 127 Å². The second-order valence-electron chi connectivity index (χ2n) is 5.12. The van der Waals surface area contributed by atoms with Crippen LogP contribution in [0, 0.1) is 5.41 Å². The predicted octanol–water partition coefficient (Wildman–Crippen LogP) is 2.43. The van der Waals surface area contributed by atoms with E-state index in [9.17, 15) is 27.6 Å². The van der Waals surface area contributed by atoms with Gasteiger partial charge in [0.05, 0.1) is 4.88 Å². The summed E-state index contributed by atoms with van der Waals surface area (Å²) in [6.45, 7) is 0.0984. The molecule has 1 amide bonds. The minimum Gasteiger partial charge on any atom is -0.481 e. The SMILES string of the molecule is CC(=O)c1csc(C(=O)N2CC[C@@](C(=O)O)(C(F)(F)F)C2)c1. The minimum atomic E-state index is -4.94. The Morgan fingerprint density at radius 2 is 2.00 bits per heavy atom. The molecule has 1 N–H and O–H groups in total. The third kappa shape index (κ3) is 2.60. The summed E-state index contributed by atoms with van der Waals surface area (Å²) in [5.74, 6) is -2.93. The summed E-state index contributed by atoms with van der Waals surface area (Å²) in [7, 11) is 0. The molecule has 1 saturated heterocycles. The van der Waals surface area contributed by atoms with Crippen LogP contribution in [0.3, 0.4) is 0 Å². The highest BCUT2D eigenvalue weighted by Gasteiger charge is 2.64. The van der Waals surface area contributed by atoms with Crippen LogP contribution in [0.2, 0.25) is 0 Å². The molecule has 1 aromatic rings. The Kier molecular flexibility index (Phi) is 4.03. The number of amides is 1. The first-order chi connectivity index (χ1) is 10.1. The fraction of sp³-hybridized carbons (Fsp3) is 0.462. The Morgan fingerprint density at radius 3 is 2.41 bits per heavy atom. The molecule has 2 heterocycles. The van der Waals surface area contributed by atoms with Crippen LogP contribution in [0.15, 0.2) is 11.4 Å². The molecule has 0 aromatic carbocycles. The largest absolute Gasteiger partial charge is 0.481 e. The predicted molar refractivity (Wildman–Crippen MR) is 71.0 cm³/mol. The molecule has 0 spiro atoms. The van der Waals surface area contributed by atoms with E-state index in [4.69, 9.17) is 5.11 Å². The van der Waals surface area contributed by atoms with Gasteiger partial charge in [0.15, 0.2) is 11.2 Å². The Balaban J connectivity index is 2.23. The number of rotatable bonds is 3. The number of halogens is 3. The highest BCUT2D eigenvalue weighted by atomic mass is 32.1. The lowest BCUT2D eigenvalue weighted by Gasteiger charge is -2.27. The summed E-state index contributed by atoms with van der Waals surface area (Å²) in [5, 5.41) is 10.4.